The number of rotatable bonds is 4. The highest BCUT2D eigenvalue weighted by Crippen LogP contribution is 2.09. The second-order valence-electron chi connectivity index (χ2n) is 2.91. The lowest BCUT2D eigenvalue weighted by Crippen LogP contribution is -2.35. The van der Waals surface area contributed by atoms with Crippen LogP contribution in [0.4, 0.5) is 5.82 Å². The molecule has 0 radical (unpaired) electrons. The summed E-state index contributed by atoms with van der Waals surface area (Å²) >= 11 is 0. The van der Waals surface area contributed by atoms with Crippen LogP contribution in [0.25, 0.3) is 0 Å². The number of carbonyl (C=O) groups excluding carboxylic acids is 1. The summed E-state index contributed by atoms with van der Waals surface area (Å²) in [6.07, 6.45) is 1.28. The van der Waals surface area contributed by atoms with Gasteiger partial charge in [0.2, 0.25) is 15.9 Å². The number of carbonyl (C=O) groups is 1. The molecule has 1 heterocycles. The van der Waals surface area contributed by atoms with Gasteiger partial charge in [-0.2, -0.15) is 0 Å². The molecule has 0 fully saturated rings. The molecule has 0 aliphatic heterocycles. The van der Waals surface area contributed by atoms with Crippen LogP contribution in [-0.4, -0.2) is 32.9 Å². The van der Waals surface area contributed by atoms with E-state index in [1.165, 1.54) is 25.4 Å². The molecule has 8 heteroatoms. The molecule has 0 bridgehead atoms. The molecule has 1 amide bonds. The molecular weight excluding hydrogens is 232 g/mol. The number of sulfonamides is 1. The number of aromatic nitrogens is 1. The summed E-state index contributed by atoms with van der Waals surface area (Å²) in [6, 6.07) is 2.51. The first-order valence-corrected chi connectivity index (χ1v) is 5.86. The summed E-state index contributed by atoms with van der Waals surface area (Å²) in [6.45, 7) is -0.318. The van der Waals surface area contributed by atoms with Gasteiger partial charge in [0, 0.05) is 19.3 Å². The first-order chi connectivity index (χ1) is 7.45. The third-order valence-corrected chi connectivity index (χ3v) is 3.16. The molecule has 1 aromatic rings. The summed E-state index contributed by atoms with van der Waals surface area (Å²) < 4.78 is 25.4. The smallest absolute Gasteiger partial charge is 0.241 e. The van der Waals surface area contributed by atoms with Crippen molar-refractivity contribution in [2.75, 3.05) is 19.3 Å². The van der Waals surface area contributed by atoms with Gasteiger partial charge in [-0.25, -0.2) is 18.1 Å². The van der Waals surface area contributed by atoms with Crippen molar-refractivity contribution < 1.29 is 13.2 Å². The van der Waals surface area contributed by atoms with Gasteiger partial charge in [0.1, 0.15) is 5.82 Å². The van der Waals surface area contributed by atoms with E-state index in [9.17, 15) is 13.2 Å². The quantitative estimate of drug-likeness (QED) is 0.608. The molecule has 7 nitrogen and oxygen atoms in total. The molecule has 0 spiro atoms. The molecule has 16 heavy (non-hydrogen) atoms. The number of nitrogens with zero attached hydrogens (tertiary/aromatic N) is 1. The van der Waals surface area contributed by atoms with E-state index in [2.05, 4.69) is 15.0 Å². The predicted molar refractivity (Wildman–Crippen MR) is 57.9 cm³/mol. The third kappa shape index (κ3) is 3.17. The lowest BCUT2D eigenvalue weighted by molar-refractivity contribution is -0.119. The highest BCUT2D eigenvalue weighted by molar-refractivity contribution is 7.89. The average Bonchev–Trinajstić information content (AvgIpc) is 2.26. The molecule has 0 saturated heterocycles. The minimum absolute atomic E-state index is 0.0242. The van der Waals surface area contributed by atoms with E-state index in [0.717, 1.165) is 0 Å². The number of amides is 1. The second-order valence-corrected chi connectivity index (χ2v) is 4.68. The monoisotopic (exact) mass is 244 g/mol. The van der Waals surface area contributed by atoms with Gasteiger partial charge in [-0.3, -0.25) is 4.79 Å². The molecule has 0 aliphatic carbocycles. The van der Waals surface area contributed by atoms with Crippen molar-refractivity contribution >= 4 is 21.7 Å². The lowest BCUT2D eigenvalue weighted by Gasteiger charge is -2.05. The Morgan fingerprint density at radius 1 is 1.56 bits per heavy atom. The van der Waals surface area contributed by atoms with E-state index < -0.39 is 15.9 Å². The Balaban J connectivity index is 2.82. The van der Waals surface area contributed by atoms with E-state index >= 15 is 0 Å². The van der Waals surface area contributed by atoms with Gasteiger partial charge in [0.25, 0.3) is 0 Å². The molecule has 0 saturated carbocycles. The number of anilines is 1. The number of nitrogens with one attached hydrogen (secondary N) is 2. The van der Waals surface area contributed by atoms with E-state index in [1.807, 2.05) is 0 Å². The van der Waals surface area contributed by atoms with Crippen molar-refractivity contribution in [2.45, 2.75) is 4.90 Å². The van der Waals surface area contributed by atoms with Crippen molar-refractivity contribution in [1.82, 2.24) is 15.0 Å². The fourth-order valence-electron chi connectivity index (χ4n) is 0.927. The summed E-state index contributed by atoms with van der Waals surface area (Å²) in [5.74, 6) is -0.326. The van der Waals surface area contributed by atoms with Gasteiger partial charge in [0.05, 0.1) is 11.4 Å². The second kappa shape index (κ2) is 4.90. The molecule has 4 N–H and O–H groups in total. The Morgan fingerprint density at radius 3 is 2.81 bits per heavy atom. The standard InChI is InChI=1S/C8H12N4O3S/c1-10-8(13)5-12-16(14,15)6-2-3-11-7(9)4-6/h2-4,12H,5H2,1H3,(H2,9,11)(H,10,13). The van der Waals surface area contributed by atoms with Crippen LogP contribution in [0.3, 0.4) is 0 Å². The van der Waals surface area contributed by atoms with Crippen LogP contribution >= 0.6 is 0 Å². The number of nitrogens with two attached hydrogens (primary N) is 1. The third-order valence-electron chi connectivity index (χ3n) is 1.76. The average molecular weight is 244 g/mol. The number of likely N-dealkylation sites (N-methyl/N-ethyl adjacent to an activating group) is 1. The van der Waals surface area contributed by atoms with Gasteiger partial charge >= 0.3 is 0 Å². The maximum atomic E-state index is 11.6. The Kier molecular flexibility index (Phi) is 3.80. The van der Waals surface area contributed by atoms with E-state index in [4.69, 9.17) is 5.73 Å². The normalized spacial score (nSPS) is 11.1. The van der Waals surface area contributed by atoms with Crippen LogP contribution < -0.4 is 15.8 Å². The van der Waals surface area contributed by atoms with Crippen LogP contribution in [0.15, 0.2) is 23.2 Å². The number of pyridine rings is 1. The largest absolute Gasteiger partial charge is 0.384 e. The van der Waals surface area contributed by atoms with E-state index in [1.54, 1.807) is 0 Å². The van der Waals surface area contributed by atoms with E-state index in [0.29, 0.717) is 0 Å². The van der Waals surface area contributed by atoms with Crippen LogP contribution in [-0.2, 0) is 14.8 Å². The fourth-order valence-corrected chi connectivity index (χ4v) is 1.93. The van der Waals surface area contributed by atoms with Gasteiger partial charge < -0.3 is 11.1 Å². The van der Waals surface area contributed by atoms with Crippen molar-refractivity contribution in [3.05, 3.63) is 18.3 Å². The first kappa shape index (κ1) is 12.4. The van der Waals surface area contributed by atoms with Crippen molar-refractivity contribution in [2.24, 2.45) is 0 Å². The highest BCUT2D eigenvalue weighted by atomic mass is 32.2. The highest BCUT2D eigenvalue weighted by Gasteiger charge is 2.15. The number of nitrogen functional groups attached to an aromatic ring is 1. The Morgan fingerprint density at radius 2 is 2.25 bits per heavy atom. The van der Waals surface area contributed by atoms with Crippen LogP contribution in [0, 0.1) is 0 Å². The minimum Gasteiger partial charge on any atom is -0.384 e. The van der Waals surface area contributed by atoms with Crippen LogP contribution in [0.5, 0.6) is 0 Å². The Labute approximate surface area is 93.1 Å². The van der Waals surface area contributed by atoms with Crippen molar-refractivity contribution in [1.29, 1.82) is 0 Å². The summed E-state index contributed by atoms with van der Waals surface area (Å²) in [5.41, 5.74) is 5.35. The van der Waals surface area contributed by atoms with Gasteiger partial charge in [-0.05, 0) is 6.07 Å². The van der Waals surface area contributed by atoms with Crippen LogP contribution in [0.1, 0.15) is 0 Å². The zero-order valence-corrected chi connectivity index (χ0v) is 9.41. The maximum absolute atomic E-state index is 11.6. The minimum atomic E-state index is -3.72. The van der Waals surface area contributed by atoms with Crippen LogP contribution in [0.2, 0.25) is 0 Å². The molecule has 0 aliphatic rings. The number of hydrogen-bond acceptors (Lipinski definition) is 5. The fraction of sp³-hybridized carbons (Fsp3) is 0.250. The lowest BCUT2D eigenvalue weighted by atomic mass is 10.5. The topological polar surface area (TPSA) is 114 Å². The molecule has 1 rings (SSSR count). The summed E-state index contributed by atoms with van der Waals surface area (Å²) in [4.78, 5) is 14.5. The van der Waals surface area contributed by atoms with E-state index in [-0.39, 0.29) is 17.3 Å². The van der Waals surface area contributed by atoms with Crippen molar-refractivity contribution in [3.63, 3.8) is 0 Å². The predicted octanol–water partition coefficient (Wildman–Crippen LogP) is -1.31. The zero-order chi connectivity index (χ0) is 12.2. The molecule has 0 unspecified atom stereocenters. The van der Waals surface area contributed by atoms with Gasteiger partial charge in [0.15, 0.2) is 0 Å². The Bertz CT molecular complexity index is 486. The molecular formula is C8H12N4O3S. The van der Waals surface area contributed by atoms with Crippen molar-refractivity contribution in [3.8, 4) is 0 Å². The maximum Gasteiger partial charge on any atom is 0.241 e. The first-order valence-electron chi connectivity index (χ1n) is 4.37. The SMILES string of the molecule is CNC(=O)CNS(=O)(=O)c1ccnc(N)c1. The molecule has 88 valence electrons. The summed E-state index contributed by atoms with van der Waals surface area (Å²) in [5, 5.41) is 2.30. The van der Waals surface area contributed by atoms with Gasteiger partial charge in [-0.1, -0.05) is 0 Å². The van der Waals surface area contributed by atoms with Gasteiger partial charge in [-0.15, -0.1) is 0 Å². The number of hydrogen-bond donors (Lipinski definition) is 3. The molecule has 1 aromatic heterocycles. The molecule has 0 atom stereocenters. The summed E-state index contributed by atoms with van der Waals surface area (Å²) in [7, 11) is -2.30. The zero-order valence-electron chi connectivity index (χ0n) is 8.60. The Hall–Kier alpha value is -1.67. The molecule has 0 aromatic carbocycles.